The van der Waals surface area contributed by atoms with Crippen molar-refractivity contribution in [3.63, 3.8) is 0 Å². The number of ether oxygens (including phenoxy) is 2. The minimum atomic E-state index is -0.797. The van der Waals surface area contributed by atoms with Gasteiger partial charge < -0.3 is 14.4 Å². The molecule has 0 heterocycles. The van der Waals surface area contributed by atoms with Crippen LogP contribution in [0.15, 0.2) is 48.5 Å². The summed E-state index contributed by atoms with van der Waals surface area (Å²) < 4.78 is 22.5. The van der Waals surface area contributed by atoms with Crippen LogP contribution >= 0.6 is 0 Å². The molecule has 0 spiro atoms. The molecular formula is C19H18FNO5. The van der Waals surface area contributed by atoms with Gasteiger partial charge in [-0.15, -0.1) is 0 Å². The van der Waals surface area contributed by atoms with Crippen LogP contribution in [0, 0.1) is 5.82 Å². The van der Waals surface area contributed by atoms with Crippen LogP contribution < -0.4 is 0 Å². The molecule has 0 saturated carbocycles. The number of benzene rings is 2. The summed E-state index contributed by atoms with van der Waals surface area (Å²) in [5.41, 5.74) is 0.824. The maximum atomic E-state index is 12.9. The maximum absolute atomic E-state index is 12.9. The Morgan fingerprint density at radius 3 is 2.12 bits per heavy atom. The van der Waals surface area contributed by atoms with Gasteiger partial charge in [0, 0.05) is 13.6 Å². The summed E-state index contributed by atoms with van der Waals surface area (Å²) in [5, 5.41) is 0. The molecule has 0 saturated heterocycles. The molecule has 0 fully saturated rings. The van der Waals surface area contributed by atoms with Crippen molar-refractivity contribution in [3.05, 3.63) is 71.0 Å². The van der Waals surface area contributed by atoms with Gasteiger partial charge in [0.2, 0.25) is 0 Å². The second-order valence-electron chi connectivity index (χ2n) is 5.49. The standard InChI is InChI=1S/C19H18FNO5/c1-21(11-13-7-9-14(20)10-8-13)17(22)12-26-19(24)16-6-4-3-5-15(16)18(23)25-2/h3-10H,11-12H2,1-2H3. The zero-order chi connectivity index (χ0) is 19.1. The molecule has 1 amide bonds. The molecule has 0 aliphatic rings. The summed E-state index contributed by atoms with van der Waals surface area (Å²) in [6.45, 7) is -0.235. The fourth-order valence-corrected chi connectivity index (χ4v) is 2.22. The number of hydrogen-bond acceptors (Lipinski definition) is 5. The highest BCUT2D eigenvalue weighted by molar-refractivity contribution is 6.03. The number of likely N-dealkylation sites (N-methyl/N-ethyl adjacent to an activating group) is 1. The number of hydrogen-bond donors (Lipinski definition) is 0. The van der Waals surface area contributed by atoms with E-state index < -0.39 is 24.5 Å². The fraction of sp³-hybridized carbons (Fsp3) is 0.211. The third kappa shape index (κ3) is 4.89. The zero-order valence-corrected chi connectivity index (χ0v) is 14.4. The van der Waals surface area contributed by atoms with Gasteiger partial charge in [0.1, 0.15) is 5.82 Å². The molecule has 6 nitrogen and oxygen atoms in total. The summed E-state index contributed by atoms with van der Waals surface area (Å²) >= 11 is 0. The third-order valence-corrected chi connectivity index (χ3v) is 3.64. The molecule has 0 aromatic heterocycles. The third-order valence-electron chi connectivity index (χ3n) is 3.64. The van der Waals surface area contributed by atoms with E-state index in [4.69, 9.17) is 4.74 Å². The van der Waals surface area contributed by atoms with E-state index in [9.17, 15) is 18.8 Å². The van der Waals surface area contributed by atoms with Crippen LogP contribution in [-0.4, -0.2) is 43.5 Å². The first kappa shape index (κ1) is 19.1. The number of carbonyl (C=O) groups is 3. The molecule has 0 atom stereocenters. The Bertz CT molecular complexity index is 804. The van der Waals surface area contributed by atoms with Crippen LogP contribution in [-0.2, 0) is 20.8 Å². The smallest absolute Gasteiger partial charge is 0.339 e. The number of rotatable bonds is 6. The topological polar surface area (TPSA) is 72.9 Å². The van der Waals surface area contributed by atoms with E-state index in [0.29, 0.717) is 0 Å². The van der Waals surface area contributed by atoms with Crippen molar-refractivity contribution >= 4 is 17.8 Å². The Morgan fingerprint density at radius 2 is 1.54 bits per heavy atom. The van der Waals surface area contributed by atoms with Gasteiger partial charge in [-0.25, -0.2) is 14.0 Å². The molecule has 0 radical (unpaired) electrons. The average molecular weight is 359 g/mol. The lowest BCUT2D eigenvalue weighted by atomic mass is 10.1. The Hall–Kier alpha value is -3.22. The van der Waals surface area contributed by atoms with Crippen LogP contribution in [0.25, 0.3) is 0 Å². The number of amides is 1. The lowest BCUT2D eigenvalue weighted by molar-refractivity contribution is -0.133. The first-order valence-corrected chi connectivity index (χ1v) is 7.75. The predicted molar refractivity (Wildman–Crippen MR) is 90.9 cm³/mol. The van der Waals surface area contributed by atoms with Gasteiger partial charge in [-0.2, -0.15) is 0 Å². The van der Waals surface area contributed by atoms with Gasteiger partial charge in [0.25, 0.3) is 5.91 Å². The molecule has 26 heavy (non-hydrogen) atoms. The molecule has 0 unspecified atom stereocenters. The van der Waals surface area contributed by atoms with Gasteiger partial charge in [-0.3, -0.25) is 4.79 Å². The largest absolute Gasteiger partial charge is 0.465 e. The van der Waals surface area contributed by atoms with Crippen LogP contribution in [0.3, 0.4) is 0 Å². The van der Waals surface area contributed by atoms with E-state index in [1.165, 1.54) is 36.3 Å². The van der Waals surface area contributed by atoms with Gasteiger partial charge >= 0.3 is 11.9 Å². The highest BCUT2D eigenvalue weighted by Gasteiger charge is 2.20. The molecule has 2 aromatic carbocycles. The van der Waals surface area contributed by atoms with Crippen LogP contribution in [0.4, 0.5) is 4.39 Å². The van der Waals surface area contributed by atoms with Gasteiger partial charge in [0.05, 0.1) is 18.2 Å². The van der Waals surface area contributed by atoms with Gasteiger partial charge in [-0.1, -0.05) is 24.3 Å². The lowest BCUT2D eigenvalue weighted by Gasteiger charge is -2.17. The van der Waals surface area contributed by atoms with E-state index in [1.807, 2.05) is 0 Å². The summed E-state index contributed by atoms with van der Waals surface area (Å²) in [6.07, 6.45) is 0. The number of carbonyl (C=O) groups excluding carboxylic acids is 3. The highest BCUT2D eigenvalue weighted by atomic mass is 19.1. The second-order valence-corrected chi connectivity index (χ2v) is 5.49. The highest BCUT2D eigenvalue weighted by Crippen LogP contribution is 2.12. The molecule has 7 heteroatoms. The summed E-state index contributed by atoms with van der Waals surface area (Å²) in [6, 6.07) is 11.8. The second kappa shape index (κ2) is 8.75. The van der Waals surface area contributed by atoms with E-state index >= 15 is 0 Å². The Kier molecular flexibility index (Phi) is 6.43. The van der Waals surface area contributed by atoms with Crippen LogP contribution in [0.5, 0.6) is 0 Å². The number of halogens is 1. The first-order chi connectivity index (χ1) is 12.4. The van der Waals surface area contributed by atoms with Crippen molar-refractivity contribution in [2.24, 2.45) is 0 Å². The molecule has 0 N–H and O–H groups in total. The zero-order valence-electron chi connectivity index (χ0n) is 14.4. The number of methoxy groups -OCH3 is 1. The maximum Gasteiger partial charge on any atom is 0.339 e. The average Bonchev–Trinajstić information content (AvgIpc) is 2.66. The Morgan fingerprint density at radius 1 is 0.962 bits per heavy atom. The van der Waals surface area contributed by atoms with E-state index in [0.717, 1.165) is 5.56 Å². The molecule has 136 valence electrons. The number of esters is 2. The van der Waals surface area contributed by atoms with Crippen molar-refractivity contribution < 1.29 is 28.2 Å². The SMILES string of the molecule is COC(=O)c1ccccc1C(=O)OCC(=O)N(C)Cc1ccc(F)cc1. The minimum absolute atomic E-state index is 0.0216. The predicted octanol–water partition coefficient (Wildman–Crippen LogP) is 2.43. The van der Waals surface area contributed by atoms with Crippen LogP contribution in [0.2, 0.25) is 0 Å². The number of nitrogens with zero attached hydrogens (tertiary/aromatic N) is 1. The monoisotopic (exact) mass is 359 g/mol. The Labute approximate surface area is 150 Å². The van der Waals surface area contributed by atoms with Gasteiger partial charge in [0.15, 0.2) is 6.61 Å². The van der Waals surface area contributed by atoms with Crippen molar-refractivity contribution in [3.8, 4) is 0 Å². The van der Waals surface area contributed by atoms with Crippen molar-refractivity contribution in [2.75, 3.05) is 20.8 Å². The van der Waals surface area contributed by atoms with Crippen molar-refractivity contribution in [1.29, 1.82) is 0 Å². The first-order valence-electron chi connectivity index (χ1n) is 7.75. The molecular weight excluding hydrogens is 341 g/mol. The van der Waals surface area contributed by atoms with E-state index in [2.05, 4.69) is 4.74 Å². The molecule has 2 rings (SSSR count). The summed E-state index contributed by atoms with van der Waals surface area (Å²) in [5.74, 6) is -2.26. The van der Waals surface area contributed by atoms with E-state index in [-0.39, 0.29) is 23.5 Å². The van der Waals surface area contributed by atoms with Gasteiger partial charge in [-0.05, 0) is 29.8 Å². The molecule has 0 bridgehead atoms. The minimum Gasteiger partial charge on any atom is -0.465 e. The van der Waals surface area contributed by atoms with Crippen molar-refractivity contribution in [1.82, 2.24) is 4.90 Å². The fourth-order valence-electron chi connectivity index (χ4n) is 2.22. The van der Waals surface area contributed by atoms with E-state index in [1.54, 1.807) is 31.3 Å². The molecule has 0 aliphatic heterocycles. The summed E-state index contributed by atoms with van der Waals surface area (Å²) in [7, 11) is 2.75. The Balaban J connectivity index is 1.95. The molecule has 2 aromatic rings. The molecule has 0 aliphatic carbocycles. The summed E-state index contributed by atoms with van der Waals surface area (Å²) in [4.78, 5) is 37.3. The lowest BCUT2D eigenvalue weighted by Crippen LogP contribution is -2.31. The quantitative estimate of drug-likeness (QED) is 0.741. The van der Waals surface area contributed by atoms with Crippen LogP contribution in [0.1, 0.15) is 26.3 Å². The normalized spacial score (nSPS) is 10.1. The van der Waals surface area contributed by atoms with Crippen molar-refractivity contribution in [2.45, 2.75) is 6.54 Å².